The molecular weight excluding hydrogens is 446 g/mol. The molecule has 6 nitrogen and oxygen atoms in total. The molecule has 2 fully saturated rings. The summed E-state index contributed by atoms with van der Waals surface area (Å²) in [6.45, 7) is 4.60. The molecule has 0 bridgehead atoms. The maximum Gasteiger partial charge on any atom is 0.253 e. The predicted molar refractivity (Wildman–Crippen MR) is 134 cm³/mol. The maximum atomic E-state index is 13.2. The Morgan fingerprint density at radius 3 is 2.12 bits per heavy atom. The van der Waals surface area contributed by atoms with Crippen LogP contribution in [0.3, 0.4) is 0 Å². The van der Waals surface area contributed by atoms with Crippen molar-refractivity contribution in [3.63, 3.8) is 0 Å². The number of rotatable bonds is 5. The largest absolute Gasteiger partial charge is 0.336 e. The van der Waals surface area contributed by atoms with Crippen LogP contribution in [0.25, 0.3) is 10.8 Å². The van der Waals surface area contributed by atoms with Gasteiger partial charge < -0.3 is 4.90 Å². The molecule has 0 saturated carbocycles. The number of piperazine rings is 1. The predicted octanol–water partition coefficient (Wildman–Crippen LogP) is 3.97. The zero-order valence-corrected chi connectivity index (χ0v) is 20.2. The molecule has 0 unspecified atom stereocenters. The topological polar surface area (TPSA) is 60.9 Å². The minimum atomic E-state index is -3.60. The fraction of sp³-hybridized carbons (Fsp3) is 0.370. The van der Waals surface area contributed by atoms with E-state index >= 15 is 0 Å². The summed E-state index contributed by atoms with van der Waals surface area (Å²) in [7, 11) is -3.60. The first-order valence-electron chi connectivity index (χ1n) is 12.1. The lowest BCUT2D eigenvalue weighted by atomic mass is 10.1. The lowest BCUT2D eigenvalue weighted by Gasteiger charge is -2.34. The molecule has 2 heterocycles. The molecule has 0 aliphatic carbocycles. The summed E-state index contributed by atoms with van der Waals surface area (Å²) in [5.74, 6) is -0.0349. The number of carbonyl (C=O) groups is 1. The second-order valence-electron chi connectivity index (χ2n) is 9.24. The number of fused-ring (bicyclic) bond motifs is 1. The molecule has 34 heavy (non-hydrogen) atoms. The summed E-state index contributed by atoms with van der Waals surface area (Å²) in [6.07, 6.45) is 3.85. The number of benzene rings is 3. The Balaban J connectivity index is 1.20. The van der Waals surface area contributed by atoms with Crippen LogP contribution in [0.4, 0.5) is 0 Å². The second kappa shape index (κ2) is 9.86. The Morgan fingerprint density at radius 1 is 0.735 bits per heavy atom. The summed E-state index contributed by atoms with van der Waals surface area (Å²) in [6, 6.07) is 20.9. The van der Waals surface area contributed by atoms with E-state index in [4.69, 9.17) is 0 Å². The van der Waals surface area contributed by atoms with Gasteiger partial charge in [0, 0.05) is 38.3 Å². The van der Waals surface area contributed by atoms with E-state index in [-0.39, 0.29) is 5.91 Å². The highest BCUT2D eigenvalue weighted by atomic mass is 32.2. The van der Waals surface area contributed by atoms with Gasteiger partial charge in [-0.15, -0.1) is 0 Å². The first-order valence-corrected chi connectivity index (χ1v) is 13.5. The van der Waals surface area contributed by atoms with Crippen LogP contribution >= 0.6 is 0 Å². The van der Waals surface area contributed by atoms with Gasteiger partial charge in [-0.1, -0.05) is 48.9 Å². The fourth-order valence-electron chi connectivity index (χ4n) is 4.92. The highest BCUT2D eigenvalue weighted by Gasteiger charge is 2.30. The number of piperidine rings is 1. The zero-order chi connectivity index (χ0) is 23.5. The van der Waals surface area contributed by atoms with E-state index in [1.807, 2.05) is 54.6 Å². The van der Waals surface area contributed by atoms with Crippen molar-refractivity contribution >= 4 is 26.7 Å². The SMILES string of the molecule is O=C(c1ccc(CN2CCCCC2)cc1)N1CCN(S(=O)(=O)c2ccc3ccccc3c2)CC1. The van der Waals surface area contributed by atoms with E-state index in [0.717, 1.165) is 30.4 Å². The van der Waals surface area contributed by atoms with Crippen molar-refractivity contribution in [3.05, 3.63) is 77.9 Å². The monoisotopic (exact) mass is 477 g/mol. The molecule has 5 rings (SSSR count). The summed E-state index contributed by atoms with van der Waals surface area (Å²) in [4.78, 5) is 17.5. The molecule has 2 saturated heterocycles. The smallest absolute Gasteiger partial charge is 0.253 e. The Morgan fingerprint density at radius 2 is 1.41 bits per heavy atom. The number of hydrogen-bond acceptors (Lipinski definition) is 4. The number of hydrogen-bond donors (Lipinski definition) is 0. The van der Waals surface area contributed by atoms with Crippen molar-refractivity contribution in [2.45, 2.75) is 30.7 Å². The molecule has 178 valence electrons. The van der Waals surface area contributed by atoms with Crippen LogP contribution in [0.2, 0.25) is 0 Å². The van der Waals surface area contributed by atoms with Crippen molar-refractivity contribution in [2.24, 2.45) is 0 Å². The van der Waals surface area contributed by atoms with Crippen molar-refractivity contribution in [1.82, 2.24) is 14.1 Å². The molecule has 0 atom stereocenters. The van der Waals surface area contributed by atoms with Gasteiger partial charge in [-0.25, -0.2) is 8.42 Å². The van der Waals surface area contributed by atoms with Gasteiger partial charge in [0.05, 0.1) is 4.90 Å². The highest BCUT2D eigenvalue weighted by Crippen LogP contribution is 2.23. The standard InChI is InChI=1S/C27H31N3O3S/c31-27(24-10-8-22(9-11-24)21-28-14-4-1-5-15-28)29-16-18-30(19-17-29)34(32,33)26-13-12-23-6-2-3-7-25(23)20-26/h2-3,6-13,20H,1,4-5,14-19,21H2. The fourth-order valence-corrected chi connectivity index (χ4v) is 6.38. The number of sulfonamides is 1. The van der Waals surface area contributed by atoms with Crippen molar-refractivity contribution < 1.29 is 13.2 Å². The molecule has 2 aliphatic heterocycles. The lowest BCUT2D eigenvalue weighted by molar-refractivity contribution is 0.0698. The third-order valence-electron chi connectivity index (χ3n) is 6.94. The van der Waals surface area contributed by atoms with Crippen LogP contribution in [0.5, 0.6) is 0 Å². The van der Waals surface area contributed by atoms with Gasteiger partial charge in [-0.05, 0) is 66.5 Å². The molecule has 0 spiro atoms. The minimum Gasteiger partial charge on any atom is -0.336 e. The van der Waals surface area contributed by atoms with Crippen molar-refractivity contribution in [3.8, 4) is 0 Å². The molecule has 0 aromatic heterocycles. The Kier molecular flexibility index (Phi) is 6.68. The van der Waals surface area contributed by atoms with E-state index in [1.165, 1.54) is 29.1 Å². The van der Waals surface area contributed by atoms with Gasteiger partial charge in [0.15, 0.2) is 0 Å². The average Bonchev–Trinajstić information content (AvgIpc) is 2.89. The lowest BCUT2D eigenvalue weighted by Crippen LogP contribution is -2.50. The molecule has 3 aromatic rings. The quantitative estimate of drug-likeness (QED) is 0.558. The Labute approximate surface area is 201 Å². The van der Waals surface area contributed by atoms with E-state index < -0.39 is 10.0 Å². The van der Waals surface area contributed by atoms with Crippen LogP contribution in [-0.4, -0.2) is 67.7 Å². The molecule has 1 amide bonds. The second-order valence-corrected chi connectivity index (χ2v) is 11.2. The summed E-state index contributed by atoms with van der Waals surface area (Å²) < 4.78 is 27.9. The first-order chi connectivity index (χ1) is 16.5. The number of carbonyl (C=O) groups excluding carboxylic acids is 1. The van der Waals surface area contributed by atoms with Gasteiger partial charge in [0.2, 0.25) is 10.0 Å². The molecular formula is C27H31N3O3S. The summed E-state index contributed by atoms with van der Waals surface area (Å²) >= 11 is 0. The number of amides is 1. The number of nitrogens with zero attached hydrogens (tertiary/aromatic N) is 3. The third kappa shape index (κ3) is 4.87. The average molecular weight is 478 g/mol. The van der Waals surface area contributed by atoms with Gasteiger partial charge >= 0.3 is 0 Å². The molecule has 3 aromatic carbocycles. The maximum absolute atomic E-state index is 13.2. The normalized spacial score (nSPS) is 18.3. The van der Waals surface area contributed by atoms with Gasteiger partial charge in [0.25, 0.3) is 5.91 Å². The first kappa shape index (κ1) is 23.0. The van der Waals surface area contributed by atoms with E-state index in [2.05, 4.69) is 4.90 Å². The van der Waals surface area contributed by atoms with Crippen molar-refractivity contribution in [2.75, 3.05) is 39.3 Å². The molecule has 0 radical (unpaired) electrons. The van der Waals surface area contributed by atoms with Crippen LogP contribution in [0.15, 0.2) is 71.6 Å². The van der Waals surface area contributed by atoms with Crippen LogP contribution < -0.4 is 0 Å². The third-order valence-corrected chi connectivity index (χ3v) is 8.83. The molecule has 7 heteroatoms. The van der Waals surface area contributed by atoms with Crippen LogP contribution in [-0.2, 0) is 16.6 Å². The summed E-state index contributed by atoms with van der Waals surface area (Å²) in [5.41, 5.74) is 1.89. The zero-order valence-electron chi connectivity index (χ0n) is 19.4. The van der Waals surface area contributed by atoms with Crippen molar-refractivity contribution in [1.29, 1.82) is 0 Å². The summed E-state index contributed by atoms with van der Waals surface area (Å²) in [5, 5.41) is 1.92. The Hall–Kier alpha value is -2.74. The van der Waals surface area contributed by atoms with E-state index in [0.29, 0.717) is 36.6 Å². The van der Waals surface area contributed by atoms with Gasteiger partial charge in [-0.3, -0.25) is 9.69 Å². The van der Waals surface area contributed by atoms with Crippen LogP contribution in [0.1, 0.15) is 35.2 Å². The highest BCUT2D eigenvalue weighted by molar-refractivity contribution is 7.89. The minimum absolute atomic E-state index is 0.0349. The number of likely N-dealkylation sites (tertiary alicyclic amines) is 1. The van der Waals surface area contributed by atoms with Crippen LogP contribution in [0, 0.1) is 0 Å². The Bertz CT molecular complexity index is 1260. The molecule has 0 N–H and O–H groups in total. The van der Waals surface area contributed by atoms with E-state index in [9.17, 15) is 13.2 Å². The van der Waals surface area contributed by atoms with E-state index in [1.54, 1.807) is 17.0 Å². The van der Waals surface area contributed by atoms with Gasteiger partial charge in [-0.2, -0.15) is 4.31 Å². The van der Waals surface area contributed by atoms with Gasteiger partial charge in [0.1, 0.15) is 0 Å². The molecule has 2 aliphatic rings.